The summed E-state index contributed by atoms with van der Waals surface area (Å²) in [5, 5.41) is 18.5. The summed E-state index contributed by atoms with van der Waals surface area (Å²) in [6, 6.07) is 6.78. The molecule has 1 saturated heterocycles. The number of aromatic amines is 2. The Balaban J connectivity index is 1.28. The van der Waals surface area contributed by atoms with E-state index in [1.165, 1.54) is 5.69 Å². The molecule has 1 aliphatic carbocycles. The standard InChI is InChI=1S/C25H29FN6O/c1-3-14-9-23(33)19(26)10-18(14)15-4-5-17-21(8-15)29-30-24(17)25-27-20-6-7-32(13-22(20)28-25)16-11-31(2)12-16/h4-5,8-9,16,18,33H,3,6-7,10-13H2,1-2H3,(H,27,28)(H,29,30). The Morgan fingerprint density at radius 3 is 2.91 bits per heavy atom. The van der Waals surface area contributed by atoms with Crippen LogP contribution in [0.4, 0.5) is 4.39 Å². The van der Waals surface area contributed by atoms with Crippen LogP contribution < -0.4 is 0 Å². The number of aliphatic hydroxyl groups is 1. The summed E-state index contributed by atoms with van der Waals surface area (Å²) >= 11 is 0. The van der Waals surface area contributed by atoms with E-state index in [0.29, 0.717) is 6.04 Å². The fraction of sp³-hybridized carbons (Fsp3) is 0.440. The lowest BCUT2D eigenvalue weighted by Crippen LogP contribution is -2.58. The van der Waals surface area contributed by atoms with Crippen molar-refractivity contribution in [3.05, 3.63) is 58.4 Å². The highest BCUT2D eigenvalue weighted by atomic mass is 19.1. The van der Waals surface area contributed by atoms with Gasteiger partial charge in [0.25, 0.3) is 0 Å². The third-order valence-corrected chi connectivity index (χ3v) is 7.48. The minimum atomic E-state index is -0.452. The first-order valence-corrected chi connectivity index (χ1v) is 11.8. The molecule has 3 N–H and O–H groups in total. The molecule has 2 aliphatic heterocycles. The van der Waals surface area contributed by atoms with Gasteiger partial charge in [0.2, 0.25) is 0 Å². The van der Waals surface area contributed by atoms with Gasteiger partial charge in [-0.3, -0.25) is 10.00 Å². The van der Waals surface area contributed by atoms with Crippen molar-refractivity contribution >= 4 is 10.9 Å². The van der Waals surface area contributed by atoms with Crippen molar-refractivity contribution in [2.75, 3.05) is 26.7 Å². The Morgan fingerprint density at radius 1 is 1.27 bits per heavy atom. The second-order valence-electron chi connectivity index (χ2n) is 9.60. The van der Waals surface area contributed by atoms with Crippen molar-refractivity contribution in [1.29, 1.82) is 0 Å². The average molecular weight is 449 g/mol. The van der Waals surface area contributed by atoms with E-state index < -0.39 is 5.83 Å². The van der Waals surface area contributed by atoms with Crippen LogP contribution in [0.5, 0.6) is 0 Å². The second-order valence-corrected chi connectivity index (χ2v) is 9.60. The fourth-order valence-electron chi connectivity index (χ4n) is 5.52. The topological polar surface area (TPSA) is 84.1 Å². The number of halogens is 1. The molecule has 7 nitrogen and oxygen atoms in total. The van der Waals surface area contributed by atoms with Gasteiger partial charge in [0, 0.05) is 56.4 Å². The second kappa shape index (κ2) is 7.81. The highest BCUT2D eigenvalue weighted by Crippen LogP contribution is 2.39. The van der Waals surface area contributed by atoms with E-state index in [9.17, 15) is 9.50 Å². The van der Waals surface area contributed by atoms with Crippen LogP contribution in [0.3, 0.4) is 0 Å². The number of H-pyrrole nitrogens is 2. The molecular weight excluding hydrogens is 419 g/mol. The molecule has 3 aromatic rings. The Bertz CT molecular complexity index is 1280. The lowest BCUT2D eigenvalue weighted by atomic mass is 9.83. The van der Waals surface area contributed by atoms with Crippen LogP contribution in [0, 0.1) is 0 Å². The first kappa shape index (κ1) is 20.6. The van der Waals surface area contributed by atoms with Gasteiger partial charge in [0.05, 0.1) is 16.9 Å². The van der Waals surface area contributed by atoms with Gasteiger partial charge in [-0.25, -0.2) is 9.37 Å². The highest BCUT2D eigenvalue weighted by Gasteiger charge is 2.33. The van der Waals surface area contributed by atoms with Crippen molar-refractivity contribution in [2.24, 2.45) is 0 Å². The molecule has 4 heterocycles. The van der Waals surface area contributed by atoms with Gasteiger partial charge in [0.15, 0.2) is 5.82 Å². The summed E-state index contributed by atoms with van der Waals surface area (Å²) in [7, 11) is 2.17. The lowest BCUT2D eigenvalue weighted by molar-refractivity contribution is 0.0424. The van der Waals surface area contributed by atoms with E-state index in [-0.39, 0.29) is 18.1 Å². The van der Waals surface area contributed by atoms with E-state index in [1.807, 2.05) is 25.1 Å². The molecule has 1 aromatic carbocycles. The van der Waals surface area contributed by atoms with Crippen LogP contribution in [-0.2, 0) is 13.0 Å². The number of nitrogens with zero attached hydrogens (tertiary/aromatic N) is 4. The van der Waals surface area contributed by atoms with Crippen molar-refractivity contribution in [3.63, 3.8) is 0 Å². The van der Waals surface area contributed by atoms with Crippen LogP contribution in [0.2, 0.25) is 0 Å². The van der Waals surface area contributed by atoms with Crippen LogP contribution in [0.1, 0.15) is 42.6 Å². The summed E-state index contributed by atoms with van der Waals surface area (Å²) in [6.45, 7) is 6.27. The number of benzene rings is 1. The van der Waals surface area contributed by atoms with Gasteiger partial charge in [-0.2, -0.15) is 5.10 Å². The Hall–Kier alpha value is -2.97. The molecule has 6 rings (SSSR count). The van der Waals surface area contributed by atoms with Gasteiger partial charge in [-0.1, -0.05) is 24.6 Å². The van der Waals surface area contributed by atoms with Gasteiger partial charge >= 0.3 is 0 Å². The molecule has 0 bridgehead atoms. The number of hydrogen-bond acceptors (Lipinski definition) is 5. The van der Waals surface area contributed by atoms with Crippen LogP contribution in [-0.4, -0.2) is 67.8 Å². The van der Waals surface area contributed by atoms with Gasteiger partial charge in [0.1, 0.15) is 17.3 Å². The molecule has 172 valence electrons. The largest absolute Gasteiger partial charge is 0.505 e. The van der Waals surface area contributed by atoms with Crippen LogP contribution in [0.25, 0.3) is 22.4 Å². The molecule has 0 saturated carbocycles. The zero-order chi connectivity index (χ0) is 22.7. The third kappa shape index (κ3) is 3.48. The maximum absolute atomic E-state index is 14.1. The molecule has 0 amide bonds. The SMILES string of the molecule is CCC1=CC(O)=C(F)CC1c1ccc2c(-c3nc4c([nH]3)CN(C3CN(C)C3)CC4)n[nH]c2c1. The summed E-state index contributed by atoms with van der Waals surface area (Å²) in [6.07, 6.45) is 3.49. The molecule has 8 heteroatoms. The molecule has 3 aliphatic rings. The predicted octanol–water partition coefficient (Wildman–Crippen LogP) is 4.19. The average Bonchev–Trinajstić information content (AvgIpc) is 3.41. The van der Waals surface area contributed by atoms with Crippen LogP contribution >= 0.6 is 0 Å². The van der Waals surface area contributed by atoms with Crippen molar-refractivity contribution in [1.82, 2.24) is 30.0 Å². The fourth-order valence-corrected chi connectivity index (χ4v) is 5.52. The maximum Gasteiger partial charge on any atom is 0.159 e. The Morgan fingerprint density at radius 2 is 2.12 bits per heavy atom. The molecule has 2 aromatic heterocycles. The minimum Gasteiger partial charge on any atom is -0.505 e. The molecule has 1 atom stereocenters. The third-order valence-electron chi connectivity index (χ3n) is 7.48. The van der Waals surface area contributed by atoms with E-state index in [4.69, 9.17) is 4.98 Å². The van der Waals surface area contributed by atoms with E-state index in [1.54, 1.807) is 6.08 Å². The zero-order valence-corrected chi connectivity index (χ0v) is 19.0. The normalized spacial score (nSPS) is 22.5. The lowest BCUT2D eigenvalue weighted by Gasteiger charge is -2.44. The molecule has 0 spiro atoms. The Labute approximate surface area is 192 Å². The number of aromatic nitrogens is 4. The van der Waals surface area contributed by atoms with E-state index in [0.717, 1.165) is 78.3 Å². The molecule has 1 unspecified atom stereocenters. The van der Waals surface area contributed by atoms with Crippen LogP contribution in [0.15, 0.2) is 41.4 Å². The number of hydrogen-bond donors (Lipinski definition) is 3. The predicted molar refractivity (Wildman–Crippen MR) is 126 cm³/mol. The van der Waals surface area contributed by atoms with Crippen molar-refractivity contribution < 1.29 is 9.50 Å². The number of rotatable bonds is 4. The summed E-state index contributed by atoms with van der Waals surface area (Å²) in [4.78, 5) is 13.3. The molecule has 33 heavy (non-hydrogen) atoms. The minimum absolute atomic E-state index is 0.0745. The summed E-state index contributed by atoms with van der Waals surface area (Å²) < 4.78 is 14.1. The number of likely N-dealkylation sites (N-methyl/N-ethyl adjacent to an activating group) is 1. The Kier molecular flexibility index (Phi) is 4.88. The number of allylic oxidation sites excluding steroid dienone is 3. The summed E-state index contributed by atoms with van der Waals surface area (Å²) in [5.41, 5.74) is 6.12. The molecular formula is C25H29FN6O. The van der Waals surface area contributed by atoms with E-state index >= 15 is 0 Å². The molecule has 1 fully saturated rings. The number of likely N-dealkylation sites (tertiary alicyclic amines) is 1. The number of fused-ring (bicyclic) bond motifs is 2. The zero-order valence-electron chi connectivity index (χ0n) is 19.0. The number of aliphatic hydroxyl groups excluding tert-OH is 1. The summed E-state index contributed by atoms with van der Waals surface area (Å²) in [5.74, 6) is 0.0378. The van der Waals surface area contributed by atoms with Gasteiger partial charge < -0.3 is 15.0 Å². The highest BCUT2D eigenvalue weighted by molar-refractivity contribution is 5.91. The quantitative estimate of drug-likeness (QED) is 0.558. The number of imidazole rings is 1. The van der Waals surface area contributed by atoms with Crippen molar-refractivity contribution in [3.8, 4) is 11.5 Å². The first-order chi connectivity index (χ1) is 16.0. The van der Waals surface area contributed by atoms with E-state index in [2.05, 4.69) is 32.0 Å². The first-order valence-electron chi connectivity index (χ1n) is 11.8. The van der Waals surface area contributed by atoms with Gasteiger partial charge in [-0.15, -0.1) is 0 Å². The van der Waals surface area contributed by atoms with Gasteiger partial charge in [-0.05, 0) is 31.2 Å². The van der Waals surface area contributed by atoms with Crippen molar-refractivity contribution in [2.45, 2.75) is 44.7 Å². The molecule has 0 radical (unpaired) electrons. The number of nitrogens with one attached hydrogen (secondary N) is 2. The maximum atomic E-state index is 14.1. The monoisotopic (exact) mass is 448 g/mol. The smallest absolute Gasteiger partial charge is 0.159 e.